The lowest BCUT2D eigenvalue weighted by Gasteiger charge is -2.22. The molecular formula is C12H15F2NO. The molecule has 0 spiro atoms. The molecule has 0 radical (unpaired) electrons. The summed E-state index contributed by atoms with van der Waals surface area (Å²) >= 11 is 0. The molecule has 1 N–H and O–H groups in total. The highest BCUT2D eigenvalue weighted by Gasteiger charge is 2.14. The number of anilines is 1. The number of hydrogen-bond donors (Lipinski definition) is 1. The van der Waals surface area contributed by atoms with Crippen LogP contribution in [0.5, 0.6) is 0 Å². The van der Waals surface area contributed by atoms with E-state index < -0.39 is 11.6 Å². The van der Waals surface area contributed by atoms with E-state index in [1.165, 1.54) is 6.07 Å². The van der Waals surface area contributed by atoms with Crippen molar-refractivity contribution in [1.82, 2.24) is 0 Å². The van der Waals surface area contributed by atoms with Crippen LogP contribution in [0, 0.1) is 17.6 Å². The minimum Gasteiger partial charge on any atom is -0.382 e. The maximum absolute atomic E-state index is 13.3. The molecule has 0 aromatic heterocycles. The summed E-state index contributed by atoms with van der Waals surface area (Å²) in [6.07, 6.45) is 1.95. The maximum atomic E-state index is 13.3. The maximum Gasteiger partial charge on any atom is 0.181 e. The van der Waals surface area contributed by atoms with Crippen molar-refractivity contribution in [2.24, 2.45) is 5.92 Å². The van der Waals surface area contributed by atoms with Crippen LogP contribution in [0.3, 0.4) is 0 Å². The summed E-state index contributed by atoms with van der Waals surface area (Å²) in [4.78, 5) is 0. The van der Waals surface area contributed by atoms with E-state index >= 15 is 0 Å². The summed E-state index contributed by atoms with van der Waals surface area (Å²) in [5, 5.41) is 2.95. The van der Waals surface area contributed by atoms with Gasteiger partial charge in [0.2, 0.25) is 0 Å². The standard InChI is InChI=1S/C12H15F2NO/c13-10-2-1-3-11(12(10)14)15-8-9-4-6-16-7-5-9/h1-3,9,15H,4-8H2. The smallest absolute Gasteiger partial charge is 0.181 e. The van der Waals surface area contributed by atoms with Crippen LogP contribution >= 0.6 is 0 Å². The van der Waals surface area contributed by atoms with Gasteiger partial charge in [0, 0.05) is 19.8 Å². The fraction of sp³-hybridized carbons (Fsp3) is 0.500. The van der Waals surface area contributed by atoms with E-state index in [1.54, 1.807) is 6.07 Å². The van der Waals surface area contributed by atoms with Gasteiger partial charge in [0.05, 0.1) is 5.69 Å². The van der Waals surface area contributed by atoms with Crippen molar-refractivity contribution in [1.29, 1.82) is 0 Å². The summed E-state index contributed by atoms with van der Waals surface area (Å²) in [7, 11) is 0. The van der Waals surface area contributed by atoms with E-state index in [-0.39, 0.29) is 5.69 Å². The topological polar surface area (TPSA) is 21.3 Å². The SMILES string of the molecule is Fc1cccc(NCC2CCOCC2)c1F. The zero-order chi connectivity index (χ0) is 11.4. The van der Waals surface area contributed by atoms with Crippen LogP contribution in [0.15, 0.2) is 18.2 Å². The largest absolute Gasteiger partial charge is 0.382 e. The fourth-order valence-electron chi connectivity index (χ4n) is 1.85. The summed E-state index contributed by atoms with van der Waals surface area (Å²) in [5.41, 5.74) is 0.242. The molecule has 1 saturated heterocycles. The van der Waals surface area contributed by atoms with Crippen molar-refractivity contribution in [2.75, 3.05) is 25.1 Å². The molecule has 0 unspecified atom stereocenters. The van der Waals surface area contributed by atoms with Gasteiger partial charge >= 0.3 is 0 Å². The van der Waals surface area contributed by atoms with Crippen molar-refractivity contribution in [3.63, 3.8) is 0 Å². The fourth-order valence-corrected chi connectivity index (χ4v) is 1.85. The van der Waals surface area contributed by atoms with E-state index in [4.69, 9.17) is 4.74 Å². The first-order chi connectivity index (χ1) is 7.77. The number of hydrogen-bond acceptors (Lipinski definition) is 2. The van der Waals surface area contributed by atoms with Crippen LogP contribution in [-0.2, 0) is 4.74 Å². The van der Waals surface area contributed by atoms with E-state index in [0.717, 1.165) is 32.1 Å². The van der Waals surface area contributed by atoms with Gasteiger partial charge in [-0.25, -0.2) is 8.78 Å². The molecular weight excluding hydrogens is 212 g/mol. The second-order valence-electron chi connectivity index (χ2n) is 4.04. The highest BCUT2D eigenvalue weighted by atomic mass is 19.2. The lowest BCUT2D eigenvalue weighted by molar-refractivity contribution is 0.0699. The van der Waals surface area contributed by atoms with Crippen LogP contribution in [0.1, 0.15) is 12.8 Å². The first-order valence-electron chi connectivity index (χ1n) is 5.53. The molecule has 1 aromatic rings. The zero-order valence-corrected chi connectivity index (χ0v) is 9.01. The highest BCUT2D eigenvalue weighted by molar-refractivity contribution is 5.44. The van der Waals surface area contributed by atoms with Crippen molar-refractivity contribution < 1.29 is 13.5 Å². The molecule has 4 heteroatoms. The summed E-state index contributed by atoms with van der Waals surface area (Å²) < 4.78 is 31.4. The minimum atomic E-state index is -0.808. The van der Waals surface area contributed by atoms with Gasteiger partial charge in [0.1, 0.15) is 0 Å². The van der Waals surface area contributed by atoms with Crippen molar-refractivity contribution >= 4 is 5.69 Å². The average Bonchev–Trinajstić information content (AvgIpc) is 2.32. The molecule has 1 aliphatic rings. The molecule has 1 aromatic carbocycles. The molecule has 1 fully saturated rings. The number of nitrogens with one attached hydrogen (secondary N) is 1. The summed E-state index contributed by atoms with van der Waals surface area (Å²) in [5.74, 6) is -1.12. The van der Waals surface area contributed by atoms with Crippen LogP contribution in [0.25, 0.3) is 0 Å². The molecule has 0 atom stereocenters. The Hall–Kier alpha value is -1.16. The molecule has 1 heterocycles. The van der Waals surface area contributed by atoms with Gasteiger partial charge in [-0.05, 0) is 30.9 Å². The Morgan fingerprint density at radius 1 is 1.25 bits per heavy atom. The molecule has 1 aliphatic heterocycles. The molecule has 0 aliphatic carbocycles. The molecule has 0 saturated carbocycles. The Balaban J connectivity index is 1.91. The number of benzene rings is 1. The molecule has 0 amide bonds. The molecule has 2 rings (SSSR count). The van der Waals surface area contributed by atoms with Crippen molar-refractivity contribution in [3.05, 3.63) is 29.8 Å². The van der Waals surface area contributed by atoms with Gasteiger partial charge in [-0.1, -0.05) is 6.07 Å². The van der Waals surface area contributed by atoms with Gasteiger partial charge in [-0.3, -0.25) is 0 Å². The molecule has 2 nitrogen and oxygen atoms in total. The van der Waals surface area contributed by atoms with E-state index in [1.807, 2.05) is 0 Å². The predicted octanol–water partition coefficient (Wildman–Crippen LogP) is 2.80. The van der Waals surface area contributed by atoms with Crippen LogP contribution in [0.2, 0.25) is 0 Å². The highest BCUT2D eigenvalue weighted by Crippen LogP contribution is 2.19. The summed E-state index contributed by atoms with van der Waals surface area (Å²) in [6.45, 7) is 2.19. The van der Waals surface area contributed by atoms with Crippen LogP contribution in [-0.4, -0.2) is 19.8 Å². The van der Waals surface area contributed by atoms with E-state index in [0.29, 0.717) is 12.5 Å². The van der Waals surface area contributed by atoms with Gasteiger partial charge < -0.3 is 10.1 Å². The normalized spacial score (nSPS) is 17.4. The third-order valence-electron chi connectivity index (χ3n) is 2.87. The number of halogens is 2. The first-order valence-corrected chi connectivity index (χ1v) is 5.53. The van der Waals surface area contributed by atoms with E-state index in [2.05, 4.69) is 5.32 Å². The van der Waals surface area contributed by atoms with Crippen molar-refractivity contribution in [3.8, 4) is 0 Å². The number of ether oxygens (including phenoxy) is 1. The Kier molecular flexibility index (Phi) is 3.72. The number of rotatable bonds is 3. The van der Waals surface area contributed by atoms with Gasteiger partial charge in [-0.2, -0.15) is 0 Å². The zero-order valence-electron chi connectivity index (χ0n) is 9.01. The quantitative estimate of drug-likeness (QED) is 0.857. The van der Waals surface area contributed by atoms with Crippen LogP contribution in [0.4, 0.5) is 14.5 Å². The lowest BCUT2D eigenvalue weighted by Crippen LogP contribution is -2.23. The Bertz CT molecular complexity index is 351. The minimum absolute atomic E-state index is 0.242. The Labute approximate surface area is 93.6 Å². The third-order valence-corrected chi connectivity index (χ3v) is 2.87. The predicted molar refractivity (Wildman–Crippen MR) is 58.4 cm³/mol. The molecule has 0 bridgehead atoms. The van der Waals surface area contributed by atoms with Gasteiger partial charge in [0.25, 0.3) is 0 Å². The van der Waals surface area contributed by atoms with Gasteiger partial charge in [-0.15, -0.1) is 0 Å². The second-order valence-corrected chi connectivity index (χ2v) is 4.04. The average molecular weight is 227 g/mol. The third kappa shape index (κ3) is 2.70. The van der Waals surface area contributed by atoms with Crippen molar-refractivity contribution in [2.45, 2.75) is 12.8 Å². The van der Waals surface area contributed by atoms with E-state index in [9.17, 15) is 8.78 Å². The van der Waals surface area contributed by atoms with Crippen LogP contribution < -0.4 is 5.32 Å². The Morgan fingerprint density at radius 2 is 2.00 bits per heavy atom. The Morgan fingerprint density at radius 3 is 2.75 bits per heavy atom. The summed E-state index contributed by atoms with van der Waals surface area (Å²) in [6, 6.07) is 4.18. The lowest BCUT2D eigenvalue weighted by atomic mass is 10.0. The molecule has 88 valence electrons. The second kappa shape index (κ2) is 5.25. The first kappa shape index (κ1) is 11.3. The monoisotopic (exact) mass is 227 g/mol. The van der Waals surface area contributed by atoms with Gasteiger partial charge in [0.15, 0.2) is 11.6 Å². The molecule has 16 heavy (non-hydrogen) atoms.